The molecule has 1 atom stereocenters. The maximum atomic E-state index is 11.0. The lowest BCUT2D eigenvalue weighted by Crippen LogP contribution is -2.10. The fourth-order valence-corrected chi connectivity index (χ4v) is 3.58. The third-order valence-electron chi connectivity index (χ3n) is 2.02. The maximum Gasteiger partial charge on any atom is 0.143 e. The second-order valence-corrected chi connectivity index (χ2v) is 6.11. The Kier molecular flexibility index (Phi) is 3.58. The van der Waals surface area contributed by atoms with Crippen molar-refractivity contribution in [1.82, 2.24) is 0 Å². The van der Waals surface area contributed by atoms with Gasteiger partial charge >= 0.3 is 0 Å². The van der Waals surface area contributed by atoms with Gasteiger partial charge < -0.3 is 0 Å². The van der Waals surface area contributed by atoms with Crippen molar-refractivity contribution >= 4 is 32.3 Å². The Labute approximate surface area is 82.0 Å². The van der Waals surface area contributed by atoms with Crippen molar-refractivity contribution in [2.45, 2.75) is 12.8 Å². The van der Waals surface area contributed by atoms with E-state index in [1.54, 1.807) is 0 Å². The lowest BCUT2D eigenvalue weighted by atomic mass is 10.0. The first-order valence-electron chi connectivity index (χ1n) is 3.85. The average Bonchev–Trinajstić information content (AvgIpc) is 2.30. The monoisotopic (exact) mass is 256 g/mol. The van der Waals surface area contributed by atoms with E-state index in [-0.39, 0.29) is 11.7 Å². The first-order chi connectivity index (χ1) is 5.53. The summed E-state index contributed by atoms with van der Waals surface area (Å²) in [5, 5.41) is 0.378. The highest BCUT2D eigenvalue weighted by Crippen LogP contribution is 2.49. The zero-order valence-corrected chi connectivity index (χ0v) is 9.10. The summed E-state index contributed by atoms with van der Waals surface area (Å²) in [6.45, 7) is 0. The highest BCUT2D eigenvalue weighted by Gasteiger charge is 2.29. The van der Waals surface area contributed by atoms with E-state index in [0.717, 1.165) is 6.42 Å². The summed E-state index contributed by atoms with van der Waals surface area (Å²) in [7, 11) is -2.32. The molecule has 3 nitrogen and oxygen atoms in total. The normalized spacial score (nSPS) is 30.1. The Morgan fingerprint density at radius 2 is 2.25 bits per heavy atom. The van der Waals surface area contributed by atoms with Crippen LogP contribution in [0.2, 0.25) is 0 Å². The van der Waals surface area contributed by atoms with Crippen molar-refractivity contribution < 1.29 is 13.9 Å². The van der Waals surface area contributed by atoms with Gasteiger partial charge in [-0.15, -0.1) is 0 Å². The number of Topliss-reactive ketones (excluding diaryl/α,β-unsaturated/α-hetero) is 1. The second-order valence-electron chi connectivity index (χ2n) is 3.20. The van der Waals surface area contributed by atoms with Crippen molar-refractivity contribution in [3.05, 3.63) is 0 Å². The van der Waals surface area contributed by atoms with Gasteiger partial charge in [-0.3, -0.25) is 13.9 Å². The van der Waals surface area contributed by atoms with E-state index in [9.17, 15) is 13.9 Å². The number of rotatable bonds is 3. The summed E-state index contributed by atoms with van der Waals surface area (Å²) in [5.74, 6) is 1.25. The number of carbonyl (C=O) groups excluding carboxylic acids is 1. The van der Waals surface area contributed by atoms with Crippen molar-refractivity contribution in [2.24, 2.45) is 5.92 Å². The topological polar surface area (TPSA) is 57.5 Å². The molecule has 0 saturated carbocycles. The van der Waals surface area contributed by atoms with Gasteiger partial charge in [-0.2, -0.15) is 10.6 Å². The summed E-state index contributed by atoms with van der Waals surface area (Å²) in [6.07, 6.45) is 1.27. The molecule has 0 aromatic heterocycles. The van der Waals surface area contributed by atoms with Crippen molar-refractivity contribution in [1.29, 1.82) is 0 Å². The van der Waals surface area contributed by atoms with E-state index in [2.05, 4.69) is 15.9 Å². The molecule has 1 saturated heterocycles. The fourth-order valence-electron chi connectivity index (χ4n) is 1.44. The molecular formula is C7H13BrO3S. The summed E-state index contributed by atoms with van der Waals surface area (Å²) in [5.41, 5.74) is 0. The molecule has 0 aromatic carbocycles. The minimum Gasteiger partial charge on any atom is -0.299 e. The number of hydrogen-bond donors (Lipinski definition) is 2. The van der Waals surface area contributed by atoms with Gasteiger partial charge in [-0.05, 0) is 12.3 Å². The predicted octanol–water partition coefficient (Wildman–Crippen LogP) is 2.11. The standard InChI is InChI=1S/C7H13BrO3S/c8-4-7(9)3-6-1-2-12(10,11)5-6/h6,10-11H,1-5H2. The Balaban J connectivity index is 2.33. The molecule has 1 heterocycles. The van der Waals surface area contributed by atoms with Crippen LogP contribution in [0.4, 0.5) is 0 Å². The molecule has 0 amide bonds. The molecule has 1 aliphatic rings. The van der Waals surface area contributed by atoms with Crippen LogP contribution < -0.4 is 0 Å². The zero-order chi connectivity index (χ0) is 9.19. The Bertz CT molecular complexity index is 183. The van der Waals surface area contributed by atoms with Gasteiger partial charge in [-0.1, -0.05) is 15.9 Å². The van der Waals surface area contributed by atoms with Crippen LogP contribution in [0.3, 0.4) is 0 Å². The first-order valence-corrected chi connectivity index (χ1v) is 6.85. The number of alkyl halides is 1. The molecule has 1 rings (SSSR count). The third kappa shape index (κ3) is 3.05. The van der Waals surface area contributed by atoms with Crippen LogP contribution >= 0.6 is 26.5 Å². The number of halogens is 1. The van der Waals surface area contributed by atoms with Crippen LogP contribution in [-0.2, 0) is 4.79 Å². The van der Waals surface area contributed by atoms with E-state index >= 15 is 0 Å². The van der Waals surface area contributed by atoms with Crippen LogP contribution in [0, 0.1) is 5.92 Å². The van der Waals surface area contributed by atoms with E-state index in [4.69, 9.17) is 0 Å². The van der Waals surface area contributed by atoms with Gasteiger partial charge in [-0.25, -0.2) is 0 Å². The smallest absolute Gasteiger partial charge is 0.143 e. The fraction of sp³-hybridized carbons (Fsp3) is 0.857. The van der Waals surface area contributed by atoms with E-state index in [1.165, 1.54) is 0 Å². The molecule has 0 spiro atoms. The van der Waals surface area contributed by atoms with E-state index in [0.29, 0.717) is 23.3 Å². The summed E-state index contributed by atoms with van der Waals surface area (Å²) >= 11 is 3.08. The summed E-state index contributed by atoms with van der Waals surface area (Å²) in [4.78, 5) is 11.0. The molecule has 1 unspecified atom stereocenters. The van der Waals surface area contributed by atoms with Gasteiger partial charge in [0.1, 0.15) is 5.78 Å². The Morgan fingerprint density at radius 1 is 1.58 bits per heavy atom. The third-order valence-corrected chi connectivity index (χ3v) is 4.54. The van der Waals surface area contributed by atoms with Crippen LogP contribution in [0.1, 0.15) is 12.8 Å². The van der Waals surface area contributed by atoms with Gasteiger partial charge in [0.25, 0.3) is 0 Å². The maximum absolute atomic E-state index is 11.0. The Morgan fingerprint density at radius 3 is 2.67 bits per heavy atom. The molecule has 1 fully saturated rings. The highest BCUT2D eigenvalue weighted by atomic mass is 79.9. The van der Waals surface area contributed by atoms with Gasteiger partial charge in [0.15, 0.2) is 0 Å². The molecule has 1 aliphatic heterocycles. The van der Waals surface area contributed by atoms with Crippen molar-refractivity contribution in [3.8, 4) is 0 Å². The molecule has 72 valence electrons. The van der Waals surface area contributed by atoms with Crippen LogP contribution in [-0.4, -0.2) is 31.7 Å². The molecular weight excluding hydrogens is 244 g/mol. The lowest BCUT2D eigenvalue weighted by molar-refractivity contribution is -0.117. The summed E-state index contributed by atoms with van der Waals surface area (Å²) < 4.78 is 18.5. The van der Waals surface area contributed by atoms with Crippen molar-refractivity contribution in [3.63, 3.8) is 0 Å². The largest absolute Gasteiger partial charge is 0.299 e. The Hall–Kier alpha value is 0.420. The van der Waals surface area contributed by atoms with Gasteiger partial charge in [0.05, 0.1) is 5.33 Å². The SMILES string of the molecule is O=C(CBr)CC1CCS(O)(O)C1. The minimum absolute atomic E-state index is 0.150. The summed E-state index contributed by atoms with van der Waals surface area (Å²) in [6, 6.07) is 0. The predicted molar refractivity (Wildman–Crippen MR) is 54.1 cm³/mol. The molecule has 5 heteroatoms. The number of ketones is 1. The van der Waals surface area contributed by atoms with Crippen LogP contribution in [0.5, 0.6) is 0 Å². The van der Waals surface area contributed by atoms with Crippen LogP contribution in [0.15, 0.2) is 0 Å². The molecule has 0 radical (unpaired) electrons. The molecule has 0 aliphatic carbocycles. The van der Waals surface area contributed by atoms with Crippen molar-refractivity contribution in [2.75, 3.05) is 16.8 Å². The molecule has 0 aromatic rings. The first kappa shape index (κ1) is 10.5. The average molecular weight is 257 g/mol. The highest BCUT2D eigenvalue weighted by molar-refractivity contribution is 9.09. The van der Waals surface area contributed by atoms with Gasteiger partial charge in [0, 0.05) is 17.9 Å². The number of carbonyl (C=O) groups is 1. The van der Waals surface area contributed by atoms with Crippen LogP contribution in [0.25, 0.3) is 0 Å². The van der Waals surface area contributed by atoms with Gasteiger partial charge in [0.2, 0.25) is 0 Å². The lowest BCUT2D eigenvalue weighted by Gasteiger charge is -2.25. The minimum atomic E-state index is -2.32. The molecule has 2 N–H and O–H groups in total. The molecule has 12 heavy (non-hydrogen) atoms. The van der Waals surface area contributed by atoms with E-state index < -0.39 is 10.6 Å². The zero-order valence-electron chi connectivity index (χ0n) is 6.70. The number of hydrogen-bond acceptors (Lipinski definition) is 3. The molecule has 0 bridgehead atoms. The quantitative estimate of drug-likeness (QED) is 0.761. The van der Waals surface area contributed by atoms with E-state index in [1.807, 2.05) is 0 Å². The second kappa shape index (κ2) is 4.09.